The van der Waals surface area contributed by atoms with Crippen molar-refractivity contribution in [1.29, 1.82) is 0 Å². The third-order valence-corrected chi connectivity index (χ3v) is 6.23. The second kappa shape index (κ2) is 13.0. The highest BCUT2D eigenvalue weighted by Crippen LogP contribution is 2.35. The number of nitrogens with one attached hydrogen (secondary N) is 2. The number of hydrogen-bond acceptors (Lipinski definition) is 5. The summed E-state index contributed by atoms with van der Waals surface area (Å²) in [6.45, 7) is 0.224. The predicted octanol–water partition coefficient (Wildman–Crippen LogP) is 6.32. The Bertz CT molecular complexity index is 1270. The summed E-state index contributed by atoms with van der Waals surface area (Å²) in [6, 6.07) is 15.4. The van der Waals surface area contributed by atoms with Gasteiger partial charge in [0, 0.05) is 15.6 Å². The third-order valence-electron chi connectivity index (χ3n) is 4.51. The Hall–Kier alpha value is -2.53. The molecule has 2 amide bonds. The zero-order valence-corrected chi connectivity index (χ0v) is 22.7. The minimum atomic E-state index is -0.577. The molecular weight excluding hydrogens is 628 g/mol. The molecule has 3 aromatic rings. The Morgan fingerprint density at radius 3 is 2.51 bits per heavy atom. The van der Waals surface area contributed by atoms with E-state index in [1.807, 2.05) is 6.07 Å². The lowest BCUT2D eigenvalue weighted by molar-refractivity contribution is -0.126. The average molecular weight is 647 g/mol. The Labute approximate surface area is 230 Å². The van der Waals surface area contributed by atoms with Crippen LogP contribution >= 0.6 is 57.4 Å². The molecule has 0 aliphatic rings. The Morgan fingerprint density at radius 1 is 1.03 bits per heavy atom. The Kier molecular flexibility index (Phi) is 10.0. The molecule has 11 heteroatoms. The van der Waals surface area contributed by atoms with Gasteiger partial charge in [0.15, 0.2) is 11.5 Å². The molecule has 35 heavy (non-hydrogen) atoms. The molecule has 7 nitrogen and oxygen atoms in total. The van der Waals surface area contributed by atoms with Gasteiger partial charge in [-0.2, -0.15) is 5.10 Å². The van der Waals surface area contributed by atoms with Crippen molar-refractivity contribution in [2.24, 2.45) is 5.10 Å². The van der Waals surface area contributed by atoms with E-state index in [0.29, 0.717) is 37.8 Å². The maximum absolute atomic E-state index is 12.0. The predicted molar refractivity (Wildman–Crippen MR) is 147 cm³/mol. The molecule has 0 spiro atoms. The Morgan fingerprint density at radius 2 is 1.80 bits per heavy atom. The van der Waals surface area contributed by atoms with Gasteiger partial charge in [-0.3, -0.25) is 9.59 Å². The molecule has 0 fully saturated rings. The molecule has 3 rings (SSSR count). The number of carbonyl (C=O) groups is 2. The van der Waals surface area contributed by atoms with Gasteiger partial charge in [-0.1, -0.05) is 53.0 Å². The van der Waals surface area contributed by atoms with Gasteiger partial charge >= 0.3 is 0 Å². The van der Waals surface area contributed by atoms with Crippen LogP contribution in [0.25, 0.3) is 0 Å². The molecule has 0 bridgehead atoms. The van der Waals surface area contributed by atoms with Crippen molar-refractivity contribution in [2.75, 3.05) is 12.4 Å². The number of halogens is 4. The minimum absolute atomic E-state index is 0.224. The summed E-state index contributed by atoms with van der Waals surface area (Å²) in [5.41, 5.74) is 4.19. The van der Waals surface area contributed by atoms with E-state index in [1.165, 1.54) is 13.3 Å². The number of rotatable bonds is 9. The molecule has 182 valence electrons. The van der Waals surface area contributed by atoms with Gasteiger partial charge in [-0.05, 0) is 64.6 Å². The number of amides is 2. The number of anilines is 1. The van der Waals surface area contributed by atoms with Gasteiger partial charge < -0.3 is 14.8 Å². The summed E-state index contributed by atoms with van der Waals surface area (Å²) in [7, 11) is 1.52. The van der Waals surface area contributed by atoms with Crippen LogP contribution in [-0.4, -0.2) is 25.1 Å². The molecule has 0 aliphatic heterocycles. The lowest BCUT2D eigenvalue weighted by atomic mass is 10.2. The quantitative estimate of drug-likeness (QED) is 0.123. The molecule has 0 unspecified atom stereocenters. The normalized spacial score (nSPS) is 10.8. The number of ether oxygens (including phenoxy) is 2. The van der Waals surface area contributed by atoms with Crippen LogP contribution in [-0.2, 0) is 16.2 Å². The summed E-state index contributed by atoms with van der Waals surface area (Å²) in [4.78, 5) is 24.1. The van der Waals surface area contributed by atoms with Gasteiger partial charge in [0.25, 0.3) is 0 Å². The molecule has 0 aromatic heterocycles. The largest absolute Gasteiger partial charge is 0.493 e. The summed E-state index contributed by atoms with van der Waals surface area (Å²) in [6.07, 6.45) is 1.03. The first kappa shape index (κ1) is 27.1. The fourth-order valence-corrected chi connectivity index (χ4v) is 4.29. The molecule has 0 radical (unpaired) electrons. The van der Waals surface area contributed by atoms with Crippen molar-refractivity contribution in [2.45, 2.75) is 13.0 Å². The molecule has 0 saturated heterocycles. The van der Waals surface area contributed by atoms with Crippen molar-refractivity contribution in [3.8, 4) is 11.5 Å². The number of carbonyl (C=O) groups excluding carboxylic acids is 2. The maximum atomic E-state index is 12.0. The van der Waals surface area contributed by atoms with E-state index in [4.69, 9.17) is 44.3 Å². The van der Waals surface area contributed by atoms with E-state index < -0.39 is 18.2 Å². The van der Waals surface area contributed by atoms with Crippen molar-refractivity contribution in [1.82, 2.24) is 5.43 Å². The number of benzene rings is 3. The topological polar surface area (TPSA) is 89.0 Å². The molecule has 0 heterocycles. The Balaban J connectivity index is 1.59. The number of hydrogen-bond donors (Lipinski definition) is 2. The molecular formula is C24H19Cl3IN3O4. The number of methoxy groups -OCH3 is 1. The van der Waals surface area contributed by atoms with E-state index in [0.717, 1.165) is 9.13 Å². The van der Waals surface area contributed by atoms with Crippen molar-refractivity contribution >= 4 is 81.1 Å². The van der Waals surface area contributed by atoms with Crippen LogP contribution in [0.2, 0.25) is 15.1 Å². The molecule has 0 saturated carbocycles. The fourth-order valence-electron chi connectivity index (χ4n) is 2.86. The molecule has 0 aliphatic carbocycles. The van der Waals surface area contributed by atoms with Gasteiger partial charge in [0.05, 0.1) is 27.6 Å². The van der Waals surface area contributed by atoms with E-state index in [1.54, 1.807) is 48.5 Å². The zero-order chi connectivity index (χ0) is 25.4. The monoisotopic (exact) mass is 645 g/mol. The van der Waals surface area contributed by atoms with Crippen molar-refractivity contribution in [3.05, 3.63) is 84.4 Å². The lowest BCUT2D eigenvalue weighted by Gasteiger charge is -2.14. The summed E-state index contributed by atoms with van der Waals surface area (Å²) in [5.74, 6) is -0.0676. The molecule has 3 aromatic carbocycles. The number of para-hydroxylation sites is 1. The standard InChI is InChI=1S/C24H19Cl3IN3O4/c1-34-21-9-14(8-19(28)24(21)35-13-15-6-7-16(25)10-18(15)27)12-29-31-23(33)11-22(32)30-20-5-3-2-4-17(20)26/h2-10,12H,11,13H2,1H3,(H,30,32)(H,31,33). The van der Waals surface area contributed by atoms with E-state index in [9.17, 15) is 9.59 Å². The first-order valence-corrected chi connectivity index (χ1v) is 12.3. The van der Waals surface area contributed by atoms with E-state index >= 15 is 0 Å². The van der Waals surface area contributed by atoms with Gasteiger partial charge in [-0.15, -0.1) is 0 Å². The number of nitrogens with zero attached hydrogens (tertiary/aromatic N) is 1. The summed E-state index contributed by atoms with van der Waals surface area (Å²) < 4.78 is 12.2. The van der Waals surface area contributed by atoms with Crippen LogP contribution in [0.4, 0.5) is 5.69 Å². The second-order valence-corrected chi connectivity index (χ2v) is 9.47. The summed E-state index contributed by atoms with van der Waals surface area (Å²) >= 11 is 20.3. The van der Waals surface area contributed by atoms with Crippen LogP contribution in [0.1, 0.15) is 17.5 Å². The molecule has 2 N–H and O–H groups in total. The van der Waals surface area contributed by atoms with Gasteiger partial charge in [0.2, 0.25) is 11.8 Å². The van der Waals surface area contributed by atoms with Crippen LogP contribution in [0.3, 0.4) is 0 Å². The van der Waals surface area contributed by atoms with Gasteiger partial charge in [0.1, 0.15) is 13.0 Å². The lowest BCUT2D eigenvalue weighted by Crippen LogP contribution is -2.24. The minimum Gasteiger partial charge on any atom is -0.493 e. The maximum Gasteiger partial charge on any atom is 0.249 e. The van der Waals surface area contributed by atoms with Crippen molar-refractivity contribution in [3.63, 3.8) is 0 Å². The number of hydrazone groups is 1. The van der Waals surface area contributed by atoms with Crippen LogP contribution < -0.4 is 20.2 Å². The van der Waals surface area contributed by atoms with Crippen LogP contribution in [0.15, 0.2) is 59.7 Å². The van der Waals surface area contributed by atoms with E-state index in [2.05, 4.69) is 38.4 Å². The summed E-state index contributed by atoms with van der Waals surface area (Å²) in [5, 5.41) is 7.93. The smallest absolute Gasteiger partial charge is 0.249 e. The van der Waals surface area contributed by atoms with Crippen molar-refractivity contribution < 1.29 is 19.1 Å². The first-order chi connectivity index (χ1) is 16.8. The first-order valence-electron chi connectivity index (χ1n) is 10.1. The van der Waals surface area contributed by atoms with Crippen LogP contribution in [0.5, 0.6) is 11.5 Å². The third kappa shape index (κ3) is 7.99. The highest BCUT2D eigenvalue weighted by Gasteiger charge is 2.13. The highest BCUT2D eigenvalue weighted by molar-refractivity contribution is 14.1. The molecule has 0 atom stereocenters. The fraction of sp³-hybridized carbons (Fsp3) is 0.125. The van der Waals surface area contributed by atoms with Gasteiger partial charge in [-0.25, -0.2) is 5.43 Å². The zero-order valence-electron chi connectivity index (χ0n) is 18.3. The SMILES string of the molecule is COc1cc(C=NNC(=O)CC(=O)Nc2ccccc2Cl)cc(I)c1OCc1ccc(Cl)cc1Cl. The van der Waals surface area contributed by atoms with E-state index in [-0.39, 0.29) is 6.61 Å². The van der Waals surface area contributed by atoms with Crippen LogP contribution in [0, 0.1) is 3.57 Å². The highest BCUT2D eigenvalue weighted by atomic mass is 127. The average Bonchev–Trinajstić information content (AvgIpc) is 2.80. The second-order valence-electron chi connectivity index (χ2n) is 7.06.